The molecule has 1 aliphatic heterocycles. The highest BCUT2D eigenvalue weighted by molar-refractivity contribution is 8.24. The van der Waals surface area contributed by atoms with E-state index >= 15 is 0 Å². The Morgan fingerprint density at radius 2 is 2.00 bits per heavy atom. The molecule has 4 aromatic rings. The van der Waals surface area contributed by atoms with E-state index in [1.807, 2.05) is 5.32 Å². The second-order valence-corrected chi connectivity index (χ2v) is 11.0. The Balaban J connectivity index is 1.62. The van der Waals surface area contributed by atoms with Crippen molar-refractivity contribution in [2.75, 3.05) is 35.2 Å². The molecule has 0 spiro atoms. The highest BCUT2D eigenvalue weighted by Crippen LogP contribution is 2.45. The first-order chi connectivity index (χ1) is 17.0. The van der Waals surface area contributed by atoms with Crippen molar-refractivity contribution in [3.8, 4) is 0 Å². The van der Waals surface area contributed by atoms with Crippen molar-refractivity contribution in [2.24, 2.45) is 0 Å². The van der Waals surface area contributed by atoms with Crippen LogP contribution in [0.4, 0.5) is 24.8 Å². The number of pyridine rings is 1. The molecule has 4 aromatic heterocycles. The third kappa shape index (κ3) is 4.27. The number of fused-ring (bicyclic) bond motifs is 2. The lowest BCUT2D eigenvalue weighted by Crippen LogP contribution is -2.43. The predicted octanol–water partition coefficient (Wildman–Crippen LogP) is 3.22. The summed E-state index contributed by atoms with van der Waals surface area (Å²) in [5.74, 6) is -1.35. The zero-order valence-electron chi connectivity index (χ0n) is 18.4. The molecule has 0 aromatic carbocycles. The number of carbonyl (C=O) groups excluding carboxylic acids is 1. The molecule has 0 saturated carbocycles. The summed E-state index contributed by atoms with van der Waals surface area (Å²) in [6, 6.07) is 0.170. The summed E-state index contributed by atoms with van der Waals surface area (Å²) < 4.78 is 66.1. The molecule has 192 valence electrons. The molecule has 1 unspecified atom stereocenters. The molecule has 11 nitrogen and oxygen atoms in total. The van der Waals surface area contributed by atoms with Crippen molar-refractivity contribution < 1.29 is 27.1 Å². The highest BCUT2D eigenvalue weighted by Gasteiger charge is 2.45. The maximum Gasteiger partial charge on any atom is 0.413 e. The van der Waals surface area contributed by atoms with Crippen LogP contribution in [0, 0.1) is 0 Å². The van der Waals surface area contributed by atoms with Gasteiger partial charge in [0.2, 0.25) is 0 Å². The minimum absolute atomic E-state index is 0.00187. The van der Waals surface area contributed by atoms with Gasteiger partial charge >= 0.3 is 6.18 Å². The predicted molar refractivity (Wildman–Crippen MR) is 129 cm³/mol. The quantitative estimate of drug-likeness (QED) is 0.306. The SMILES string of the molecule is Nc1nn2cccnc2c1C(=O)NC(c1cc(Cl)c2cncn2c1N1CCS(O)(O)CC1)C(F)(F)F. The number of nitrogen functional groups attached to an aromatic ring is 1. The molecule has 0 aliphatic carbocycles. The monoisotopic (exact) mass is 544 g/mol. The zero-order chi connectivity index (χ0) is 25.8. The second-order valence-electron chi connectivity index (χ2n) is 8.21. The normalized spacial score (nSPS) is 17.9. The summed E-state index contributed by atoms with van der Waals surface area (Å²) in [6.45, 7) is 0.154. The summed E-state index contributed by atoms with van der Waals surface area (Å²) >= 11 is 6.31. The fourth-order valence-corrected chi connectivity index (χ4v) is 5.69. The number of halogens is 4. The molecule has 1 fully saturated rings. The summed E-state index contributed by atoms with van der Waals surface area (Å²) in [5, 5.41) is 5.96. The first-order valence-corrected chi connectivity index (χ1v) is 12.8. The Morgan fingerprint density at radius 1 is 1.28 bits per heavy atom. The van der Waals surface area contributed by atoms with Crippen LogP contribution in [0.3, 0.4) is 0 Å². The van der Waals surface area contributed by atoms with E-state index in [1.165, 1.54) is 39.9 Å². The van der Waals surface area contributed by atoms with Crippen LogP contribution in [0.15, 0.2) is 37.1 Å². The summed E-state index contributed by atoms with van der Waals surface area (Å²) in [4.78, 5) is 22.7. The highest BCUT2D eigenvalue weighted by atomic mass is 35.5. The number of nitrogens with two attached hydrogens (primary N) is 1. The number of imidazole rings is 1. The third-order valence-corrected chi connectivity index (χ3v) is 7.87. The van der Waals surface area contributed by atoms with Crippen LogP contribution in [0.5, 0.6) is 0 Å². The van der Waals surface area contributed by atoms with Crippen molar-refractivity contribution in [3.05, 3.63) is 53.2 Å². The molecule has 5 N–H and O–H groups in total. The minimum Gasteiger partial charge on any atom is -0.381 e. The van der Waals surface area contributed by atoms with E-state index < -0.39 is 28.7 Å². The van der Waals surface area contributed by atoms with E-state index in [0.29, 0.717) is 5.52 Å². The zero-order valence-corrected chi connectivity index (χ0v) is 19.9. The molecule has 1 amide bonds. The van der Waals surface area contributed by atoms with Crippen LogP contribution in [-0.2, 0) is 0 Å². The van der Waals surface area contributed by atoms with Crippen molar-refractivity contribution >= 4 is 50.9 Å². The number of rotatable bonds is 4. The van der Waals surface area contributed by atoms with Gasteiger partial charge in [-0.25, -0.2) is 14.5 Å². The molecule has 5 rings (SSSR count). The van der Waals surface area contributed by atoms with Gasteiger partial charge in [0.1, 0.15) is 17.7 Å². The minimum atomic E-state index is -4.94. The molecule has 1 atom stereocenters. The Morgan fingerprint density at radius 3 is 2.69 bits per heavy atom. The number of alkyl halides is 3. The van der Waals surface area contributed by atoms with Gasteiger partial charge in [-0.1, -0.05) is 11.6 Å². The number of amides is 1. The average Bonchev–Trinajstić information content (AvgIpc) is 3.41. The maximum absolute atomic E-state index is 14.5. The van der Waals surface area contributed by atoms with Crippen LogP contribution in [-0.4, -0.2) is 69.8 Å². The number of hydrogen-bond acceptors (Lipinski definition) is 8. The van der Waals surface area contributed by atoms with E-state index in [0.717, 1.165) is 6.07 Å². The largest absolute Gasteiger partial charge is 0.413 e. The fraction of sp³-hybridized carbons (Fsp3) is 0.300. The van der Waals surface area contributed by atoms with Gasteiger partial charge in [-0.15, -0.1) is 5.10 Å². The standard InChI is InChI=1S/C20H20ClF3N8O3S/c21-12-8-11(19(31-10-26-9-13(12)31)30-4-6-36(34,35)7-5-30)15(20(22,23)24)28-18(33)14-16(25)29-32-3-1-2-27-17(14)32/h1-3,8-10,15,34-35H,4-7H2,(H2,25,29)(H,28,33). The number of hydrogen-bond donors (Lipinski definition) is 4. The fourth-order valence-electron chi connectivity index (χ4n) is 4.20. The van der Waals surface area contributed by atoms with E-state index in [-0.39, 0.29) is 58.0 Å². The Hall–Kier alpha value is -3.27. The number of aromatic nitrogens is 5. The Kier molecular flexibility index (Phi) is 5.89. The first-order valence-electron chi connectivity index (χ1n) is 10.6. The number of nitrogens with one attached hydrogen (secondary N) is 1. The molecule has 36 heavy (non-hydrogen) atoms. The molecule has 0 radical (unpaired) electrons. The molecular weight excluding hydrogens is 525 g/mol. The molecule has 16 heteroatoms. The lowest BCUT2D eigenvalue weighted by atomic mass is 10.0. The number of nitrogens with zero attached hydrogens (tertiary/aromatic N) is 6. The lowest BCUT2D eigenvalue weighted by Gasteiger charge is -2.43. The van der Waals surface area contributed by atoms with Crippen molar-refractivity contribution in [1.29, 1.82) is 0 Å². The number of carbonyl (C=O) groups is 1. The van der Waals surface area contributed by atoms with Gasteiger partial charge in [-0.2, -0.15) is 23.8 Å². The maximum atomic E-state index is 14.5. The van der Waals surface area contributed by atoms with Crippen LogP contribution in [0.1, 0.15) is 22.0 Å². The van der Waals surface area contributed by atoms with Crippen LogP contribution >= 0.6 is 22.2 Å². The van der Waals surface area contributed by atoms with Crippen LogP contribution in [0.25, 0.3) is 11.2 Å². The van der Waals surface area contributed by atoms with Gasteiger partial charge in [-0.05, 0) is 12.1 Å². The van der Waals surface area contributed by atoms with Crippen molar-refractivity contribution in [2.45, 2.75) is 12.2 Å². The topological polar surface area (TPSA) is 146 Å². The number of anilines is 2. The first kappa shape index (κ1) is 24.4. The Labute approximate surface area is 208 Å². The average molecular weight is 545 g/mol. The summed E-state index contributed by atoms with van der Waals surface area (Å²) in [6.07, 6.45) is 0.600. The van der Waals surface area contributed by atoms with Gasteiger partial charge in [-0.3, -0.25) is 18.3 Å². The van der Waals surface area contributed by atoms with Gasteiger partial charge in [0.25, 0.3) is 5.91 Å². The molecule has 5 heterocycles. The lowest BCUT2D eigenvalue weighted by molar-refractivity contribution is -0.155. The Bertz CT molecular complexity index is 1460. The summed E-state index contributed by atoms with van der Waals surface area (Å²) in [7, 11) is -2.82. The molecule has 0 bridgehead atoms. The van der Waals surface area contributed by atoms with Gasteiger partial charge in [0.05, 0.1) is 28.2 Å². The summed E-state index contributed by atoms with van der Waals surface area (Å²) in [5.41, 5.74) is 5.55. The van der Waals surface area contributed by atoms with Gasteiger partial charge < -0.3 is 16.0 Å². The van der Waals surface area contributed by atoms with Crippen molar-refractivity contribution in [3.63, 3.8) is 0 Å². The molecular formula is C20H20ClF3N8O3S. The van der Waals surface area contributed by atoms with Crippen molar-refractivity contribution in [1.82, 2.24) is 29.3 Å². The van der Waals surface area contributed by atoms with E-state index in [2.05, 4.69) is 15.1 Å². The van der Waals surface area contributed by atoms with E-state index in [9.17, 15) is 27.1 Å². The van der Waals surface area contributed by atoms with Gasteiger partial charge in [0, 0.05) is 31.0 Å². The van der Waals surface area contributed by atoms with Crippen LogP contribution in [0.2, 0.25) is 5.02 Å². The molecule has 1 saturated heterocycles. The van der Waals surface area contributed by atoms with Gasteiger partial charge in [0.15, 0.2) is 17.5 Å². The van der Waals surface area contributed by atoms with Crippen LogP contribution < -0.4 is 16.0 Å². The van der Waals surface area contributed by atoms with E-state index in [4.69, 9.17) is 17.3 Å². The van der Waals surface area contributed by atoms with E-state index in [1.54, 1.807) is 4.90 Å². The second kappa shape index (κ2) is 8.69. The molecule has 1 aliphatic rings. The third-order valence-electron chi connectivity index (χ3n) is 5.89. The smallest absolute Gasteiger partial charge is 0.381 e.